The first kappa shape index (κ1) is 33.9. The minimum Gasteiger partial charge on any atom is -0.480 e. The first-order valence-corrected chi connectivity index (χ1v) is 14.5. The highest BCUT2D eigenvalue weighted by atomic mass is 19.4. The summed E-state index contributed by atoms with van der Waals surface area (Å²) in [7, 11) is 1.78. The van der Waals surface area contributed by atoms with Gasteiger partial charge in [-0.15, -0.1) is 0 Å². The summed E-state index contributed by atoms with van der Waals surface area (Å²) in [6.07, 6.45) is -2.93. The lowest BCUT2D eigenvalue weighted by Gasteiger charge is -2.38. The number of nitrogens with one attached hydrogen (secondary N) is 1. The fraction of sp³-hybridized carbons (Fsp3) is 0.242. The van der Waals surface area contributed by atoms with Crippen molar-refractivity contribution in [2.75, 3.05) is 31.2 Å². The van der Waals surface area contributed by atoms with E-state index >= 15 is 0 Å². The molecule has 3 aromatic carbocycles. The number of carbonyl (C=O) groups is 2. The van der Waals surface area contributed by atoms with Crippen LogP contribution >= 0.6 is 0 Å². The average molecular weight is 670 g/mol. The molecule has 1 amide bonds. The molecule has 1 atom stereocenters. The van der Waals surface area contributed by atoms with E-state index in [2.05, 4.69) is 9.97 Å². The summed E-state index contributed by atoms with van der Waals surface area (Å²) in [5.74, 6) is -5.54. The molecule has 2 aromatic heterocycles. The third-order valence-electron chi connectivity index (χ3n) is 7.72. The molecule has 10 nitrogen and oxygen atoms in total. The Kier molecular flexibility index (Phi) is 9.70. The molecule has 0 spiro atoms. The number of aromatic nitrogens is 3. The molecule has 1 unspecified atom stereocenters. The number of ether oxygens (including phenoxy) is 1. The molecule has 1 aliphatic heterocycles. The summed E-state index contributed by atoms with van der Waals surface area (Å²) >= 11 is 0. The second kappa shape index (κ2) is 13.7. The lowest BCUT2D eigenvalue weighted by molar-refractivity contribution is -0.167. The number of fused-ring (bicyclic) bond motifs is 2. The van der Waals surface area contributed by atoms with Gasteiger partial charge in [-0.05, 0) is 42.8 Å². The van der Waals surface area contributed by atoms with Crippen LogP contribution in [0.3, 0.4) is 0 Å². The van der Waals surface area contributed by atoms with E-state index in [0.29, 0.717) is 17.8 Å². The molecule has 250 valence electrons. The minimum atomic E-state index is -4.68. The summed E-state index contributed by atoms with van der Waals surface area (Å²) in [6.45, 7) is 0.191. The summed E-state index contributed by atoms with van der Waals surface area (Å²) in [4.78, 5) is 44.6. The third kappa shape index (κ3) is 6.95. The van der Waals surface area contributed by atoms with Crippen LogP contribution in [-0.4, -0.2) is 70.0 Å². The van der Waals surface area contributed by atoms with Crippen LogP contribution < -0.4 is 15.8 Å². The number of carboxylic acids is 1. The van der Waals surface area contributed by atoms with Gasteiger partial charge in [0.25, 0.3) is 11.5 Å². The van der Waals surface area contributed by atoms with Crippen molar-refractivity contribution in [2.24, 2.45) is 7.05 Å². The number of halogens is 5. The second-order valence-corrected chi connectivity index (χ2v) is 10.8. The number of nitrogens with zero attached hydrogens (tertiary/aromatic N) is 4. The van der Waals surface area contributed by atoms with E-state index in [1.165, 1.54) is 0 Å². The number of rotatable bonds is 5. The Morgan fingerprint density at radius 1 is 1.06 bits per heavy atom. The van der Waals surface area contributed by atoms with Gasteiger partial charge in [0.1, 0.15) is 35.5 Å². The quantitative estimate of drug-likeness (QED) is 0.251. The summed E-state index contributed by atoms with van der Waals surface area (Å²) in [5, 5.41) is 11.3. The Morgan fingerprint density at radius 2 is 1.77 bits per heavy atom. The Balaban J connectivity index is 0.000000188. The summed E-state index contributed by atoms with van der Waals surface area (Å²) in [6, 6.07) is 14.6. The van der Waals surface area contributed by atoms with Crippen LogP contribution in [0.4, 0.5) is 27.6 Å². The third-order valence-corrected chi connectivity index (χ3v) is 7.72. The lowest BCUT2D eigenvalue weighted by Crippen LogP contribution is -2.53. The number of aliphatic carboxylic acids is 1. The number of hydrogen-bond donors (Lipinski definition) is 2. The van der Waals surface area contributed by atoms with Crippen molar-refractivity contribution < 1.29 is 41.4 Å². The number of para-hydroxylation sites is 2. The van der Waals surface area contributed by atoms with Crippen LogP contribution in [0.1, 0.15) is 15.9 Å². The predicted octanol–water partition coefficient (Wildman–Crippen LogP) is 5.00. The number of benzene rings is 3. The molecule has 15 heteroatoms. The minimum absolute atomic E-state index is 0.0589. The molecule has 6 rings (SSSR count). The fourth-order valence-electron chi connectivity index (χ4n) is 5.33. The van der Waals surface area contributed by atoms with E-state index in [1.54, 1.807) is 23.1 Å². The van der Waals surface area contributed by atoms with Crippen molar-refractivity contribution in [3.05, 3.63) is 100.0 Å². The number of alkyl halides is 3. The van der Waals surface area contributed by atoms with E-state index in [-0.39, 0.29) is 18.7 Å². The lowest BCUT2D eigenvalue weighted by atomic mass is 10.0. The highest BCUT2D eigenvalue weighted by Crippen LogP contribution is 2.33. The van der Waals surface area contributed by atoms with E-state index in [1.807, 2.05) is 55.5 Å². The average Bonchev–Trinajstić information content (AvgIpc) is 3.05. The van der Waals surface area contributed by atoms with Gasteiger partial charge in [0.2, 0.25) is 0 Å². The van der Waals surface area contributed by atoms with Crippen molar-refractivity contribution in [1.29, 1.82) is 0 Å². The highest BCUT2D eigenvalue weighted by Gasteiger charge is 2.45. The number of carbonyl (C=O) groups excluding carboxylic acids is 1. The van der Waals surface area contributed by atoms with Gasteiger partial charge < -0.3 is 24.6 Å². The second-order valence-electron chi connectivity index (χ2n) is 10.8. The zero-order valence-corrected chi connectivity index (χ0v) is 25.5. The fourth-order valence-corrected chi connectivity index (χ4v) is 5.33. The molecule has 1 fully saturated rings. The van der Waals surface area contributed by atoms with Gasteiger partial charge in [-0.25, -0.2) is 13.8 Å². The van der Waals surface area contributed by atoms with Crippen LogP contribution in [0.15, 0.2) is 71.7 Å². The topological polar surface area (TPSA) is 127 Å². The molecule has 0 radical (unpaired) electrons. The number of amides is 1. The van der Waals surface area contributed by atoms with Crippen LogP contribution in [-0.2, 0) is 16.6 Å². The van der Waals surface area contributed by atoms with Crippen molar-refractivity contribution in [1.82, 2.24) is 19.9 Å². The molecule has 0 bridgehead atoms. The van der Waals surface area contributed by atoms with Crippen LogP contribution in [0.25, 0.3) is 33.2 Å². The molecule has 1 saturated heterocycles. The zero-order chi connectivity index (χ0) is 34.7. The van der Waals surface area contributed by atoms with E-state index in [4.69, 9.17) is 9.84 Å². The maximum absolute atomic E-state index is 14.1. The number of aryl methyl sites for hydroxylation is 2. The molecule has 0 aliphatic carbocycles. The van der Waals surface area contributed by atoms with Gasteiger partial charge in [0.05, 0.1) is 29.8 Å². The number of carboxylic acid groups (broad SMARTS) is 1. The number of anilines is 1. The first-order chi connectivity index (χ1) is 22.8. The van der Waals surface area contributed by atoms with Crippen molar-refractivity contribution >= 4 is 39.5 Å². The Labute approximate surface area is 269 Å². The smallest absolute Gasteiger partial charge is 0.411 e. The largest absolute Gasteiger partial charge is 0.480 e. The van der Waals surface area contributed by atoms with Gasteiger partial charge in [-0.1, -0.05) is 30.3 Å². The van der Waals surface area contributed by atoms with E-state index in [9.17, 15) is 36.3 Å². The first-order valence-electron chi connectivity index (χ1n) is 14.5. The molecular formula is C33H28F5N5O5. The maximum Gasteiger partial charge on any atom is 0.411 e. The van der Waals surface area contributed by atoms with Gasteiger partial charge >= 0.3 is 12.1 Å². The van der Waals surface area contributed by atoms with Gasteiger partial charge in [0, 0.05) is 36.4 Å². The predicted molar refractivity (Wildman–Crippen MR) is 167 cm³/mol. The van der Waals surface area contributed by atoms with E-state index in [0.717, 1.165) is 38.0 Å². The van der Waals surface area contributed by atoms with Gasteiger partial charge in [0.15, 0.2) is 0 Å². The molecule has 48 heavy (non-hydrogen) atoms. The molecule has 5 aromatic rings. The van der Waals surface area contributed by atoms with Gasteiger partial charge in [-0.2, -0.15) is 13.2 Å². The number of pyridine rings is 1. The Hall–Kier alpha value is -5.44. The number of morpholine rings is 1. The van der Waals surface area contributed by atoms with E-state index < -0.39 is 60.1 Å². The van der Waals surface area contributed by atoms with Crippen molar-refractivity contribution in [3.63, 3.8) is 0 Å². The Morgan fingerprint density at radius 3 is 2.46 bits per heavy atom. The molecular weight excluding hydrogens is 641 g/mol. The van der Waals surface area contributed by atoms with Crippen LogP contribution in [0, 0.1) is 18.6 Å². The molecule has 3 heterocycles. The molecule has 2 N–H and O–H groups in total. The SMILES string of the molecule is Cc1ccc(-c2nc3ccccc3n(C)c2=O)c2ncccc12.O=C(O)CNC(=O)c1c(F)cc(N2CCOCC2C(F)(F)F)cc1F. The number of hydrogen-bond acceptors (Lipinski definition) is 7. The van der Waals surface area contributed by atoms with Gasteiger partial charge in [-0.3, -0.25) is 19.4 Å². The van der Waals surface area contributed by atoms with Crippen LogP contribution in [0.2, 0.25) is 0 Å². The van der Waals surface area contributed by atoms with Crippen molar-refractivity contribution in [3.8, 4) is 11.3 Å². The standard InChI is InChI=1S/C19H15N3O.C14H13F5N2O4/c1-12-9-10-14(17-13(12)6-5-11-20-17)18-19(23)22(2)16-8-4-3-7-15(16)21-18;15-8-3-7(21-1-2-25-6-10(21)14(17,18)19)4-9(16)12(8)13(24)20-5-11(22)23/h3-11H,1-2H3;3-4,10H,1-2,5-6H2,(H,20,24)(H,22,23). The maximum atomic E-state index is 14.1. The van der Waals surface area contributed by atoms with Crippen LogP contribution in [0.5, 0.6) is 0 Å². The summed E-state index contributed by atoms with van der Waals surface area (Å²) < 4.78 is 73.7. The molecule has 0 saturated carbocycles. The zero-order valence-electron chi connectivity index (χ0n) is 25.5. The highest BCUT2D eigenvalue weighted by molar-refractivity contribution is 5.97. The monoisotopic (exact) mass is 669 g/mol. The normalized spacial score (nSPS) is 14.8. The van der Waals surface area contributed by atoms with Crippen molar-refractivity contribution in [2.45, 2.75) is 19.1 Å². The molecule has 1 aliphatic rings. The Bertz CT molecular complexity index is 2060. The summed E-state index contributed by atoms with van der Waals surface area (Å²) in [5.41, 5.74) is 3.21.